The second-order valence-corrected chi connectivity index (χ2v) is 4.46. The van der Waals surface area contributed by atoms with E-state index in [4.69, 9.17) is 0 Å². The van der Waals surface area contributed by atoms with Gasteiger partial charge in [0, 0.05) is 6.54 Å². The summed E-state index contributed by atoms with van der Waals surface area (Å²) in [5.41, 5.74) is -0.711. The van der Waals surface area contributed by atoms with Crippen LogP contribution in [0, 0.1) is 17.8 Å². The van der Waals surface area contributed by atoms with E-state index in [1.165, 1.54) is 0 Å². The number of aliphatic hydroxyl groups is 1. The van der Waals surface area contributed by atoms with Crippen LogP contribution in [-0.2, 0) is 4.79 Å². The van der Waals surface area contributed by atoms with Crippen molar-refractivity contribution in [2.24, 2.45) is 5.92 Å². The zero-order valence-electron chi connectivity index (χ0n) is 9.47. The van der Waals surface area contributed by atoms with Gasteiger partial charge in [-0.2, -0.15) is 0 Å². The van der Waals surface area contributed by atoms with E-state index in [2.05, 4.69) is 24.1 Å². The Kier molecular flexibility index (Phi) is 4.16. The fraction of sp³-hybridized carbons (Fsp3) is 0.750. The van der Waals surface area contributed by atoms with E-state index in [1.807, 2.05) is 0 Å². The number of amides is 1. The molecular formula is C12H19NO2. The van der Waals surface area contributed by atoms with E-state index < -0.39 is 5.60 Å². The maximum absolute atomic E-state index is 11.1. The SMILES string of the molecule is CC#CC(=O)NCC1(O)CCC(C)CC1. The Morgan fingerprint density at radius 3 is 2.67 bits per heavy atom. The van der Waals surface area contributed by atoms with Crippen LogP contribution in [-0.4, -0.2) is 23.2 Å². The maximum atomic E-state index is 11.1. The van der Waals surface area contributed by atoms with Gasteiger partial charge < -0.3 is 10.4 Å². The second kappa shape index (κ2) is 5.18. The van der Waals surface area contributed by atoms with E-state index in [1.54, 1.807) is 6.92 Å². The highest BCUT2D eigenvalue weighted by Crippen LogP contribution is 2.31. The molecule has 0 unspecified atom stereocenters. The maximum Gasteiger partial charge on any atom is 0.295 e. The molecule has 0 aliphatic heterocycles. The van der Waals surface area contributed by atoms with Crippen LogP contribution in [0.4, 0.5) is 0 Å². The van der Waals surface area contributed by atoms with Gasteiger partial charge in [0.15, 0.2) is 0 Å². The van der Waals surface area contributed by atoms with Crippen LogP contribution >= 0.6 is 0 Å². The molecule has 1 fully saturated rings. The summed E-state index contributed by atoms with van der Waals surface area (Å²) >= 11 is 0. The third-order valence-corrected chi connectivity index (χ3v) is 3.02. The van der Waals surface area contributed by atoms with Gasteiger partial charge in [-0.15, -0.1) is 0 Å². The first kappa shape index (κ1) is 12.1. The Balaban J connectivity index is 2.36. The first-order valence-electron chi connectivity index (χ1n) is 5.49. The van der Waals surface area contributed by atoms with Gasteiger partial charge in [-0.25, -0.2) is 0 Å². The molecular weight excluding hydrogens is 190 g/mol. The summed E-state index contributed by atoms with van der Waals surface area (Å²) in [6.45, 7) is 4.14. The van der Waals surface area contributed by atoms with Gasteiger partial charge in [-0.05, 0) is 44.4 Å². The van der Waals surface area contributed by atoms with Crippen molar-refractivity contribution in [3.8, 4) is 11.8 Å². The van der Waals surface area contributed by atoms with E-state index in [0.29, 0.717) is 12.5 Å². The summed E-state index contributed by atoms with van der Waals surface area (Å²) in [6.07, 6.45) is 3.61. The molecule has 84 valence electrons. The molecule has 1 amide bonds. The largest absolute Gasteiger partial charge is 0.388 e. The zero-order valence-corrected chi connectivity index (χ0v) is 9.47. The summed E-state index contributed by atoms with van der Waals surface area (Å²) in [5.74, 6) is 5.32. The summed E-state index contributed by atoms with van der Waals surface area (Å²) in [4.78, 5) is 11.1. The molecule has 0 spiro atoms. The normalized spacial score (nSPS) is 30.2. The predicted octanol–water partition coefficient (Wildman–Crippen LogP) is 1.07. The van der Waals surface area contributed by atoms with Crippen molar-refractivity contribution in [1.29, 1.82) is 0 Å². The van der Waals surface area contributed by atoms with Crippen LogP contribution in [0.25, 0.3) is 0 Å². The van der Waals surface area contributed by atoms with Gasteiger partial charge in [-0.1, -0.05) is 12.8 Å². The highest BCUT2D eigenvalue weighted by molar-refractivity contribution is 5.93. The monoisotopic (exact) mass is 209 g/mol. The van der Waals surface area contributed by atoms with Crippen molar-refractivity contribution in [2.75, 3.05) is 6.54 Å². The number of hydrogen-bond acceptors (Lipinski definition) is 2. The average molecular weight is 209 g/mol. The number of rotatable bonds is 2. The molecule has 1 saturated carbocycles. The minimum Gasteiger partial charge on any atom is -0.388 e. The van der Waals surface area contributed by atoms with Crippen LogP contribution < -0.4 is 5.32 Å². The molecule has 0 atom stereocenters. The van der Waals surface area contributed by atoms with E-state index >= 15 is 0 Å². The average Bonchev–Trinajstić information content (AvgIpc) is 2.21. The summed E-state index contributed by atoms with van der Waals surface area (Å²) in [5, 5.41) is 12.8. The summed E-state index contributed by atoms with van der Waals surface area (Å²) in [7, 11) is 0. The van der Waals surface area contributed by atoms with Crippen LogP contribution in [0.15, 0.2) is 0 Å². The van der Waals surface area contributed by atoms with Crippen molar-refractivity contribution in [3.63, 3.8) is 0 Å². The van der Waals surface area contributed by atoms with Gasteiger partial charge in [0.05, 0.1) is 5.60 Å². The third kappa shape index (κ3) is 3.93. The molecule has 1 aliphatic carbocycles. The molecule has 0 radical (unpaired) electrons. The first-order valence-corrected chi connectivity index (χ1v) is 5.49. The topological polar surface area (TPSA) is 49.3 Å². The van der Waals surface area contributed by atoms with Gasteiger partial charge in [0.2, 0.25) is 0 Å². The number of carbonyl (C=O) groups excluding carboxylic acids is 1. The van der Waals surface area contributed by atoms with Crippen molar-refractivity contribution in [3.05, 3.63) is 0 Å². The highest BCUT2D eigenvalue weighted by atomic mass is 16.3. The van der Waals surface area contributed by atoms with Crippen LogP contribution in [0.5, 0.6) is 0 Å². The molecule has 0 aromatic heterocycles. The standard InChI is InChI=1S/C12H19NO2/c1-3-4-11(14)13-9-12(15)7-5-10(2)6-8-12/h10,15H,5-9H2,1-2H3,(H,13,14). The fourth-order valence-electron chi connectivity index (χ4n) is 1.88. The molecule has 1 rings (SSSR count). The Bertz CT molecular complexity index is 280. The lowest BCUT2D eigenvalue weighted by Gasteiger charge is -2.34. The summed E-state index contributed by atoms with van der Waals surface area (Å²) in [6, 6.07) is 0. The Labute approximate surface area is 91.3 Å². The van der Waals surface area contributed by atoms with E-state index in [-0.39, 0.29) is 5.91 Å². The number of carbonyl (C=O) groups is 1. The van der Waals surface area contributed by atoms with Gasteiger partial charge in [0.25, 0.3) is 5.91 Å². The van der Waals surface area contributed by atoms with Crippen LogP contribution in [0.2, 0.25) is 0 Å². The Morgan fingerprint density at radius 1 is 1.53 bits per heavy atom. The molecule has 0 saturated heterocycles. The highest BCUT2D eigenvalue weighted by Gasteiger charge is 2.31. The molecule has 0 bridgehead atoms. The van der Waals surface area contributed by atoms with Crippen LogP contribution in [0.3, 0.4) is 0 Å². The molecule has 1 aliphatic rings. The quantitative estimate of drug-likeness (QED) is 0.668. The predicted molar refractivity (Wildman–Crippen MR) is 59.0 cm³/mol. The zero-order chi connectivity index (χ0) is 11.3. The smallest absolute Gasteiger partial charge is 0.295 e. The second-order valence-electron chi connectivity index (χ2n) is 4.46. The van der Waals surface area contributed by atoms with Crippen molar-refractivity contribution < 1.29 is 9.90 Å². The Morgan fingerprint density at radius 2 is 2.13 bits per heavy atom. The molecule has 2 N–H and O–H groups in total. The van der Waals surface area contributed by atoms with Crippen molar-refractivity contribution in [1.82, 2.24) is 5.32 Å². The third-order valence-electron chi connectivity index (χ3n) is 3.02. The van der Waals surface area contributed by atoms with Crippen molar-refractivity contribution in [2.45, 2.75) is 45.1 Å². The molecule has 0 aromatic rings. The molecule has 3 nitrogen and oxygen atoms in total. The van der Waals surface area contributed by atoms with Gasteiger partial charge in [0.1, 0.15) is 0 Å². The molecule has 0 aromatic carbocycles. The molecule has 0 heterocycles. The minimum atomic E-state index is -0.711. The van der Waals surface area contributed by atoms with Crippen LogP contribution in [0.1, 0.15) is 39.5 Å². The van der Waals surface area contributed by atoms with Crippen molar-refractivity contribution >= 4 is 5.91 Å². The van der Waals surface area contributed by atoms with Gasteiger partial charge >= 0.3 is 0 Å². The number of nitrogens with one attached hydrogen (secondary N) is 1. The lowest BCUT2D eigenvalue weighted by molar-refractivity contribution is -0.117. The van der Waals surface area contributed by atoms with E-state index in [0.717, 1.165) is 25.7 Å². The first-order chi connectivity index (χ1) is 7.06. The molecule has 15 heavy (non-hydrogen) atoms. The minimum absolute atomic E-state index is 0.301. The Hall–Kier alpha value is -1.01. The lowest BCUT2D eigenvalue weighted by Crippen LogP contribution is -2.44. The molecule has 3 heteroatoms. The number of hydrogen-bond donors (Lipinski definition) is 2. The lowest BCUT2D eigenvalue weighted by atomic mass is 9.79. The summed E-state index contributed by atoms with van der Waals surface area (Å²) < 4.78 is 0. The van der Waals surface area contributed by atoms with E-state index in [9.17, 15) is 9.90 Å². The van der Waals surface area contributed by atoms with Gasteiger partial charge in [-0.3, -0.25) is 4.79 Å². The fourth-order valence-corrected chi connectivity index (χ4v) is 1.88.